The van der Waals surface area contributed by atoms with Crippen LogP contribution in [0.5, 0.6) is 0 Å². The molecule has 0 unspecified atom stereocenters. The minimum atomic E-state index is -1.51. The fraction of sp³-hybridized carbons (Fsp3) is 0.400. The molecule has 0 atom stereocenters. The van der Waals surface area contributed by atoms with Gasteiger partial charge in [0.25, 0.3) is 0 Å². The molecule has 0 radical (unpaired) electrons. The molecule has 1 amide bonds. The number of nitrogens with zero attached hydrogens (tertiary/aromatic N) is 3. The number of hydrogen-bond acceptors (Lipinski definition) is 4. The number of carbonyl (C=O) groups excluding carboxylic acids is 1. The lowest BCUT2D eigenvalue weighted by molar-refractivity contribution is -0.127. The fourth-order valence-electron chi connectivity index (χ4n) is 1.18. The lowest BCUT2D eigenvalue weighted by atomic mass is 10.3. The molecule has 0 aliphatic rings. The molecule has 1 heterocycles. The van der Waals surface area contributed by atoms with E-state index in [0.29, 0.717) is 0 Å². The molecular formula is C10H13F3N4O. The minimum absolute atomic E-state index is 0.264. The summed E-state index contributed by atoms with van der Waals surface area (Å²) >= 11 is 0. The van der Waals surface area contributed by atoms with Gasteiger partial charge in [0.15, 0.2) is 11.6 Å². The Bertz CT molecular complexity index is 479. The highest BCUT2D eigenvalue weighted by Crippen LogP contribution is 2.24. The molecule has 1 rings (SSSR count). The maximum atomic E-state index is 13.5. The van der Waals surface area contributed by atoms with Gasteiger partial charge >= 0.3 is 0 Å². The van der Waals surface area contributed by atoms with Gasteiger partial charge in [-0.3, -0.25) is 4.79 Å². The van der Waals surface area contributed by atoms with Gasteiger partial charge in [-0.25, -0.2) is 4.39 Å². The third-order valence-corrected chi connectivity index (χ3v) is 2.28. The molecule has 0 spiro atoms. The van der Waals surface area contributed by atoms with Crippen molar-refractivity contribution in [1.29, 1.82) is 0 Å². The van der Waals surface area contributed by atoms with Gasteiger partial charge in [0.1, 0.15) is 5.69 Å². The lowest BCUT2D eigenvalue weighted by Crippen LogP contribution is -2.35. The first-order valence-corrected chi connectivity index (χ1v) is 4.97. The highest BCUT2D eigenvalue weighted by Gasteiger charge is 2.22. The molecule has 1 aromatic heterocycles. The summed E-state index contributed by atoms with van der Waals surface area (Å²) in [7, 11) is 4.30. The quantitative estimate of drug-likeness (QED) is 0.810. The average molecular weight is 262 g/mol. The highest BCUT2D eigenvalue weighted by atomic mass is 19.2. The lowest BCUT2D eigenvalue weighted by Gasteiger charge is -2.20. The van der Waals surface area contributed by atoms with E-state index in [2.05, 4.69) is 4.98 Å². The van der Waals surface area contributed by atoms with Gasteiger partial charge in [0.05, 0.1) is 6.54 Å². The van der Waals surface area contributed by atoms with E-state index in [9.17, 15) is 18.0 Å². The number of aromatic nitrogens is 1. The number of carbonyl (C=O) groups is 1. The number of rotatable bonds is 3. The van der Waals surface area contributed by atoms with Crippen LogP contribution in [0.3, 0.4) is 0 Å². The molecular weight excluding hydrogens is 249 g/mol. The molecule has 0 saturated heterocycles. The van der Waals surface area contributed by atoms with Crippen LogP contribution in [0.2, 0.25) is 0 Å². The van der Waals surface area contributed by atoms with Crippen molar-refractivity contribution in [3.8, 4) is 0 Å². The first kappa shape index (κ1) is 14.1. The number of anilines is 2. The Morgan fingerprint density at radius 2 is 1.78 bits per heavy atom. The van der Waals surface area contributed by atoms with Crippen LogP contribution >= 0.6 is 0 Å². The standard InChI is InChI=1S/C10H13F3N4O/c1-16(2)5(18)4-17(3)10-7(12)6(11)8(14)9(13)15-10/h4,14H2,1-3H3. The van der Waals surface area contributed by atoms with Gasteiger partial charge in [0.2, 0.25) is 17.7 Å². The van der Waals surface area contributed by atoms with E-state index in [1.54, 1.807) is 0 Å². The van der Waals surface area contributed by atoms with Gasteiger partial charge in [0, 0.05) is 21.1 Å². The second-order valence-corrected chi connectivity index (χ2v) is 3.91. The summed E-state index contributed by atoms with van der Waals surface area (Å²) in [5.41, 5.74) is 3.97. The first-order chi connectivity index (χ1) is 8.25. The molecule has 1 aromatic rings. The molecule has 0 aliphatic carbocycles. The number of halogens is 3. The number of nitrogens with two attached hydrogens (primary N) is 1. The number of amides is 1. The number of likely N-dealkylation sites (N-methyl/N-ethyl adjacent to an activating group) is 2. The molecule has 0 aliphatic heterocycles. The zero-order valence-corrected chi connectivity index (χ0v) is 10.2. The number of nitrogen functional groups attached to an aromatic ring is 1. The second kappa shape index (κ2) is 5.11. The van der Waals surface area contributed by atoms with E-state index in [-0.39, 0.29) is 12.5 Å². The second-order valence-electron chi connectivity index (χ2n) is 3.91. The van der Waals surface area contributed by atoms with Crippen molar-refractivity contribution >= 4 is 17.4 Å². The van der Waals surface area contributed by atoms with Crippen LogP contribution in [0.1, 0.15) is 0 Å². The SMILES string of the molecule is CN(C)C(=O)CN(C)c1nc(F)c(N)c(F)c1F. The molecule has 100 valence electrons. The van der Waals surface area contributed by atoms with Crippen molar-refractivity contribution < 1.29 is 18.0 Å². The Hall–Kier alpha value is -1.99. The van der Waals surface area contributed by atoms with Crippen molar-refractivity contribution in [2.45, 2.75) is 0 Å². The van der Waals surface area contributed by atoms with Crippen LogP contribution in [0, 0.1) is 17.6 Å². The van der Waals surface area contributed by atoms with Crippen LogP contribution in [0.25, 0.3) is 0 Å². The van der Waals surface area contributed by atoms with E-state index in [1.807, 2.05) is 0 Å². The summed E-state index contributed by atoms with van der Waals surface area (Å²) in [4.78, 5) is 16.9. The van der Waals surface area contributed by atoms with E-state index in [1.165, 1.54) is 26.0 Å². The molecule has 0 fully saturated rings. The monoisotopic (exact) mass is 262 g/mol. The molecule has 5 nitrogen and oxygen atoms in total. The Kier molecular flexibility index (Phi) is 4.00. The Morgan fingerprint density at radius 3 is 2.28 bits per heavy atom. The Morgan fingerprint density at radius 1 is 1.22 bits per heavy atom. The molecule has 8 heteroatoms. The van der Waals surface area contributed by atoms with Crippen LogP contribution in [-0.2, 0) is 4.79 Å². The van der Waals surface area contributed by atoms with E-state index < -0.39 is 29.1 Å². The molecule has 18 heavy (non-hydrogen) atoms. The number of pyridine rings is 1. The molecule has 0 aromatic carbocycles. The number of hydrogen-bond donors (Lipinski definition) is 1. The molecule has 2 N–H and O–H groups in total. The van der Waals surface area contributed by atoms with Gasteiger partial charge in [-0.15, -0.1) is 0 Å². The summed E-state index contributed by atoms with van der Waals surface area (Å²) in [6.45, 7) is -0.264. The van der Waals surface area contributed by atoms with Crippen molar-refractivity contribution in [2.24, 2.45) is 0 Å². The normalized spacial score (nSPS) is 10.3. The Labute approximate surface area is 102 Å². The smallest absolute Gasteiger partial charge is 0.241 e. The summed E-state index contributed by atoms with van der Waals surface area (Å²) < 4.78 is 39.8. The van der Waals surface area contributed by atoms with Crippen LogP contribution < -0.4 is 10.6 Å². The predicted molar refractivity (Wildman–Crippen MR) is 60.5 cm³/mol. The average Bonchev–Trinajstić information content (AvgIpc) is 2.30. The summed E-state index contributed by atoms with van der Waals surface area (Å²) in [5.74, 6) is -5.18. The largest absolute Gasteiger partial charge is 0.393 e. The van der Waals surface area contributed by atoms with Crippen molar-refractivity contribution in [1.82, 2.24) is 9.88 Å². The van der Waals surface area contributed by atoms with Crippen LogP contribution in [0.4, 0.5) is 24.7 Å². The maximum absolute atomic E-state index is 13.5. The van der Waals surface area contributed by atoms with Crippen LogP contribution in [-0.4, -0.2) is 43.5 Å². The first-order valence-electron chi connectivity index (χ1n) is 4.97. The zero-order chi connectivity index (χ0) is 14.0. The van der Waals surface area contributed by atoms with Crippen molar-refractivity contribution in [2.75, 3.05) is 38.3 Å². The molecule has 0 saturated carbocycles. The van der Waals surface area contributed by atoms with Gasteiger partial charge in [-0.2, -0.15) is 13.8 Å². The minimum Gasteiger partial charge on any atom is -0.393 e. The van der Waals surface area contributed by atoms with Gasteiger partial charge in [-0.05, 0) is 0 Å². The van der Waals surface area contributed by atoms with Gasteiger partial charge < -0.3 is 15.5 Å². The van der Waals surface area contributed by atoms with E-state index in [0.717, 1.165) is 4.90 Å². The topological polar surface area (TPSA) is 62.5 Å². The van der Waals surface area contributed by atoms with Crippen molar-refractivity contribution in [3.63, 3.8) is 0 Å². The van der Waals surface area contributed by atoms with E-state index in [4.69, 9.17) is 5.73 Å². The summed E-state index contributed by atoms with van der Waals surface area (Å²) in [6, 6.07) is 0. The van der Waals surface area contributed by atoms with Crippen molar-refractivity contribution in [3.05, 3.63) is 17.6 Å². The summed E-state index contributed by atoms with van der Waals surface area (Å²) in [6.07, 6.45) is 0. The summed E-state index contributed by atoms with van der Waals surface area (Å²) in [5, 5.41) is 0. The predicted octanol–water partition coefficient (Wildman–Crippen LogP) is 0.605. The zero-order valence-electron chi connectivity index (χ0n) is 10.2. The third kappa shape index (κ3) is 2.63. The fourth-order valence-corrected chi connectivity index (χ4v) is 1.18. The maximum Gasteiger partial charge on any atom is 0.241 e. The highest BCUT2D eigenvalue weighted by molar-refractivity contribution is 5.80. The third-order valence-electron chi connectivity index (χ3n) is 2.28. The van der Waals surface area contributed by atoms with Gasteiger partial charge in [-0.1, -0.05) is 0 Å². The van der Waals surface area contributed by atoms with Crippen LogP contribution in [0.15, 0.2) is 0 Å². The Balaban J connectivity index is 3.07. The van der Waals surface area contributed by atoms with E-state index >= 15 is 0 Å². The molecule has 0 bridgehead atoms.